The van der Waals surface area contributed by atoms with Gasteiger partial charge in [0.2, 0.25) is 0 Å². The van der Waals surface area contributed by atoms with Crippen molar-refractivity contribution in [3.63, 3.8) is 0 Å². The minimum Gasteiger partial charge on any atom is -0.229 e. The molecule has 2 unspecified atom stereocenters. The van der Waals surface area contributed by atoms with Crippen molar-refractivity contribution in [2.75, 3.05) is 11.5 Å². The van der Waals surface area contributed by atoms with E-state index in [-0.39, 0.29) is 23.0 Å². The maximum absolute atomic E-state index is 13.2. The van der Waals surface area contributed by atoms with Gasteiger partial charge in [-0.15, -0.1) is 0 Å². The summed E-state index contributed by atoms with van der Waals surface area (Å²) in [6.45, 7) is 0. The van der Waals surface area contributed by atoms with E-state index >= 15 is 0 Å². The van der Waals surface area contributed by atoms with Gasteiger partial charge in [0.25, 0.3) is 0 Å². The van der Waals surface area contributed by atoms with Crippen molar-refractivity contribution in [1.82, 2.24) is 0 Å². The molecule has 8 heteroatoms. The van der Waals surface area contributed by atoms with Crippen LogP contribution >= 0.6 is 15.9 Å². The molecule has 112 valence electrons. The molecule has 1 heterocycles. The minimum absolute atomic E-state index is 0.0348. The van der Waals surface area contributed by atoms with Gasteiger partial charge in [-0.3, -0.25) is 0 Å². The molecule has 1 aliphatic rings. The van der Waals surface area contributed by atoms with Gasteiger partial charge in [-0.2, -0.15) is 13.2 Å². The topological polar surface area (TPSA) is 34.1 Å². The standard InChI is InChI=1S/C12H11BrF4O2S/c13-11(8-3-4-20(18,19)6-8)7-1-2-10(14)9(5-7)12(15,16)17/h1-2,5,8,11H,3-4,6H2. The third kappa shape index (κ3) is 3.33. The van der Waals surface area contributed by atoms with Gasteiger partial charge in [-0.25, -0.2) is 12.8 Å². The number of sulfone groups is 1. The Kier molecular flexibility index (Phi) is 4.17. The largest absolute Gasteiger partial charge is 0.419 e. The Labute approximate surface area is 122 Å². The molecule has 1 fully saturated rings. The molecule has 20 heavy (non-hydrogen) atoms. The number of benzene rings is 1. The van der Waals surface area contributed by atoms with Gasteiger partial charge < -0.3 is 0 Å². The van der Waals surface area contributed by atoms with Crippen LogP contribution < -0.4 is 0 Å². The molecule has 1 aromatic carbocycles. The molecule has 0 amide bonds. The number of halogens is 5. The van der Waals surface area contributed by atoms with Crippen molar-refractivity contribution < 1.29 is 26.0 Å². The fourth-order valence-corrected chi connectivity index (χ4v) is 5.08. The van der Waals surface area contributed by atoms with Gasteiger partial charge >= 0.3 is 6.18 Å². The fourth-order valence-electron chi connectivity index (χ4n) is 2.26. The number of rotatable bonds is 2. The van der Waals surface area contributed by atoms with Crippen LogP contribution in [0.5, 0.6) is 0 Å². The number of hydrogen-bond donors (Lipinski definition) is 0. The predicted octanol–water partition coefficient (Wildman–Crippen LogP) is 3.72. The van der Waals surface area contributed by atoms with Crippen molar-refractivity contribution in [1.29, 1.82) is 0 Å². The van der Waals surface area contributed by atoms with E-state index in [1.54, 1.807) is 0 Å². The monoisotopic (exact) mass is 374 g/mol. The first-order valence-corrected chi connectivity index (χ1v) is 8.55. The molecule has 2 nitrogen and oxygen atoms in total. The Morgan fingerprint density at radius 2 is 1.95 bits per heavy atom. The van der Waals surface area contributed by atoms with Gasteiger partial charge in [-0.1, -0.05) is 22.0 Å². The summed E-state index contributed by atoms with van der Waals surface area (Å²) in [6.07, 6.45) is -4.38. The molecule has 0 aliphatic carbocycles. The zero-order chi connectivity index (χ0) is 15.1. The summed E-state index contributed by atoms with van der Waals surface area (Å²) in [7, 11) is -3.12. The second-order valence-corrected chi connectivity index (χ2v) is 8.02. The third-order valence-corrected chi connectivity index (χ3v) is 6.37. The zero-order valence-electron chi connectivity index (χ0n) is 10.1. The highest BCUT2D eigenvalue weighted by atomic mass is 79.9. The van der Waals surface area contributed by atoms with Gasteiger partial charge in [0.1, 0.15) is 5.82 Å². The molecule has 2 rings (SSSR count). The van der Waals surface area contributed by atoms with Gasteiger partial charge in [0, 0.05) is 4.83 Å². The molecular formula is C12H11BrF4O2S. The highest BCUT2D eigenvalue weighted by molar-refractivity contribution is 9.09. The van der Waals surface area contributed by atoms with Crippen molar-refractivity contribution in [3.05, 3.63) is 35.1 Å². The van der Waals surface area contributed by atoms with Crippen molar-refractivity contribution >= 4 is 25.8 Å². The lowest BCUT2D eigenvalue weighted by Crippen LogP contribution is -2.13. The maximum Gasteiger partial charge on any atom is 0.419 e. The summed E-state index contributed by atoms with van der Waals surface area (Å²) >= 11 is 3.24. The normalized spacial score (nSPS) is 23.8. The van der Waals surface area contributed by atoms with E-state index in [1.807, 2.05) is 0 Å². The van der Waals surface area contributed by atoms with Crippen LogP contribution in [0, 0.1) is 11.7 Å². The molecule has 0 saturated carbocycles. The predicted molar refractivity (Wildman–Crippen MR) is 69.8 cm³/mol. The highest BCUT2D eigenvalue weighted by Gasteiger charge is 2.37. The van der Waals surface area contributed by atoms with E-state index in [0.29, 0.717) is 6.42 Å². The minimum atomic E-state index is -4.77. The quantitative estimate of drug-likeness (QED) is 0.584. The maximum atomic E-state index is 13.2. The smallest absolute Gasteiger partial charge is 0.229 e. The Morgan fingerprint density at radius 3 is 2.45 bits per heavy atom. The summed E-state index contributed by atoms with van der Waals surface area (Å²) < 4.78 is 73.9. The van der Waals surface area contributed by atoms with Gasteiger partial charge in [0.05, 0.1) is 17.1 Å². The SMILES string of the molecule is O=S1(=O)CCC(C(Br)c2ccc(F)c(C(F)(F)F)c2)C1. The first kappa shape index (κ1) is 15.8. The molecular weight excluding hydrogens is 364 g/mol. The number of alkyl halides is 4. The van der Waals surface area contributed by atoms with Crippen LogP contribution in [0.4, 0.5) is 17.6 Å². The molecule has 0 N–H and O–H groups in total. The van der Waals surface area contributed by atoms with Crippen LogP contribution in [-0.4, -0.2) is 19.9 Å². The number of hydrogen-bond acceptors (Lipinski definition) is 2. The van der Waals surface area contributed by atoms with Crippen LogP contribution in [-0.2, 0) is 16.0 Å². The molecule has 1 aliphatic heterocycles. The Hall–Kier alpha value is -0.630. The van der Waals surface area contributed by atoms with Crippen LogP contribution in [0.2, 0.25) is 0 Å². The molecule has 0 radical (unpaired) electrons. The van der Waals surface area contributed by atoms with Gasteiger partial charge in [-0.05, 0) is 30.0 Å². The molecule has 1 aromatic rings. The lowest BCUT2D eigenvalue weighted by molar-refractivity contribution is -0.140. The fraction of sp³-hybridized carbons (Fsp3) is 0.500. The molecule has 0 aromatic heterocycles. The van der Waals surface area contributed by atoms with Crippen molar-refractivity contribution in [2.24, 2.45) is 5.92 Å². The van der Waals surface area contributed by atoms with Gasteiger partial charge in [0.15, 0.2) is 9.84 Å². The van der Waals surface area contributed by atoms with E-state index in [1.165, 1.54) is 6.07 Å². The summed E-state index contributed by atoms with van der Waals surface area (Å²) in [4.78, 5) is -0.540. The van der Waals surface area contributed by atoms with E-state index < -0.39 is 32.2 Å². The van der Waals surface area contributed by atoms with Crippen LogP contribution in [0.15, 0.2) is 18.2 Å². The van der Waals surface area contributed by atoms with Crippen molar-refractivity contribution in [2.45, 2.75) is 17.4 Å². The summed E-state index contributed by atoms with van der Waals surface area (Å²) in [6, 6.07) is 2.74. The average molecular weight is 375 g/mol. The lowest BCUT2D eigenvalue weighted by Gasteiger charge is -2.18. The van der Waals surface area contributed by atoms with Crippen molar-refractivity contribution in [3.8, 4) is 0 Å². The zero-order valence-corrected chi connectivity index (χ0v) is 12.5. The Bertz CT molecular complexity index is 612. The Balaban J connectivity index is 2.30. The summed E-state index contributed by atoms with van der Waals surface area (Å²) in [5.74, 6) is -1.67. The molecule has 0 spiro atoms. The average Bonchev–Trinajstić information content (AvgIpc) is 2.68. The van der Waals surface area contributed by atoms with E-state index in [4.69, 9.17) is 0 Å². The molecule has 1 saturated heterocycles. The van der Waals surface area contributed by atoms with Crippen LogP contribution in [0.25, 0.3) is 0 Å². The summed E-state index contributed by atoms with van der Waals surface area (Å²) in [5, 5.41) is 0. The highest BCUT2D eigenvalue weighted by Crippen LogP contribution is 2.40. The second kappa shape index (κ2) is 5.29. The van der Waals surface area contributed by atoms with Crippen LogP contribution in [0.1, 0.15) is 22.4 Å². The summed E-state index contributed by atoms with van der Waals surface area (Å²) in [5.41, 5.74) is -1.10. The second-order valence-electron chi connectivity index (χ2n) is 4.80. The first-order valence-electron chi connectivity index (χ1n) is 5.81. The lowest BCUT2D eigenvalue weighted by atomic mass is 9.97. The molecule has 0 bridgehead atoms. The Morgan fingerprint density at radius 1 is 1.30 bits per heavy atom. The van der Waals surface area contributed by atoms with E-state index in [2.05, 4.69) is 15.9 Å². The first-order chi connectivity index (χ1) is 9.10. The third-order valence-electron chi connectivity index (χ3n) is 3.30. The van der Waals surface area contributed by atoms with E-state index in [9.17, 15) is 26.0 Å². The van der Waals surface area contributed by atoms with E-state index in [0.717, 1.165) is 12.1 Å². The molecule has 2 atom stereocenters. The van der Waals surface area contributed by atoms with Crippen LogP contribution in [0.3, 0.4) is 0 Å².